The Labute approximate surface area is 146 Å². The Morgan fingerprint density at radius 1 is 1.32 bits per heavy atom. The predicted molar refractivity (Wildman–Crippen MR) is 90.9 cm³/mol. The van der Waals surface area contributed by atoms with Crippen LogP contribution in [0.1, 0.15) is 32.8 Å². The third-order valence-electron chi connectivity index (χ3n) is 4.95. The molecular weight excluding hydrogens is 322 g/mol. The lowest BCUT2D eigenvalue weighted by atomic mass is 9.84. The number of nitrogens with one attached hydrogen (secondary N) is 2. The van der Waals surface area contributed by atoms with E-state index < -0.39 is 17.5 Å². The highest BCUT2D eigenvalue weighted by Crippen LogP contribution is 2.40. The van der Waals surface area contributed by atoms with Gasteiger partial charge in [-0.2, -0.15) is 0 Å². The monoisotopic (exact) mass is 345 g/mol. The van der Waals surface area contributed by atoms with Crippen molar-refractivity contribution in [1.29, 1.82) is 0 Å². The van der Waals surface area contributed by atoms with E-state index >= 15 is 0 Å². The summed E-state index contributed by atoms with van der Waals surface area (Å²) in [6.07, 6.45) is 0.342. The number of fused-ring (bicyclic) bond motifs is 2. The van der Waals surface area contributed by atoms with E-state index in [0.29, 0.717) is 24.3 Å². The molecule has 2 aliphatic heterocycles. The standard InChI is InChI=1S/C18H23N3O4/c1-11(2)12(3)19-15(22)10-21-16(23)18(20-17(21)24)8-9-25-14-7-5-4-6-13(14)18/h4-7,11-12H,8-10H2,1-3H3,(H,19,22)(H,20,24). The maximum Gasteiger partial charge on any atom is 0.325 e. The van der Waals surface area contributed by atoms with Crippen LogP contribution in [0.5, 0.6) is 5.75 Å². The average Bonchev–Trinajstić information content (AvgIpc) is 2.80. The van der Waals surface area contributed by atoms with Crippen molar-refractivity contribution >= 4 is 17.8 Å². The van der Waals surface area contributed by atoms with Crippen LogP contribution in [0, 0.1) is 5.92 Å². The van der Waals surface area contributed by atoms with Crippen molar-refractivity contribution in [3.05, 3.63) is 29.8 Å². The number of para-hydroxylation sites is 1. The first-order valence-electron chi connectivity index (χ1n) is 8.51. The van der Waals surface area contributed by atoms with Crippen LogP contribution >= 0.6 is 0 Å². The summed E-state index contributed by atoms with van der Waals surface area (Å²) in [6, 6.07) is 6.58. The molecule has 2 unspecified atom stereocenters. The molecule has 2 heterocycles. The summed E-state index contributed by atoms with van der Waals surface area (Å²) in [7, 11) is 0. The number of urea groups is 1. The van der Waals surface area contributed by atoms with Gasteiger partial charge in [0, 0.05) is 18.0 Å². The van der Waals surface area contributed by atoms with Gasteiger partial charge < -0.3 is 15.4 Å². The van der Waals surface area contributed by atoms with Crippen LogP contribution in [0.2, 0.25) is 0 Å². The Hall–Kier alpha value is -2.57. The SMILES string of the molecule is CC(C)C(C)NC(=O)CN1C(=O)NC2(CCOc3ccccc32)C1=O. The van der Waals surface area contributed by atoms with Gasteiger partial charge in [0.2, 0.25) is 5.91 Å². The number of carbonyl (C=O) groups is 3. The molecule has 0 aliphatic carbocycles. The van der Waals surface area contributed by atoms with Crippen LogP contribution in [-0.2, 0) is 15.1 Å². The van der Waals surface area contributed by atoms with Gasteiger partial charge >= 0.3 is 6.03 Å². The normalized spacial score (nSPS) is 23.3. The average molecular weight is 345 g/mol. The number of imide groups is 1. The number of benzene rings is 1. The molecule has 0 aromatic heterocycles. The van der Waals surface area contributed by atoms with E-state index in [2.05, 4.69) is 10.6 Å². The van der Waals surface area contributed by atoms with Gasteiger partial charge in [-0.05, 0) is 18.9 Å². The zero-order chi connectivity index (χ0) is 18.2. The number of hydrogen-bond acceptors (Lipinski definition) is 4. The molecule has 1 aromatic rings. The minimum atomic E-state index is -1.14. The molecule has 2 aliphatic rings. The van der Waals surface area contributed by atoms with Crippen molar-refractivity contribution in [3.8, 4) is 5.75 Å². The second kappa shape index (κ2) is 6.38. The summed E-state index contributed by atoms with van der Waals surface area (Å²) in [5.41, 5.74) is -0.506. The Balaban J connectivity index is 1.81. The van der Waals surface area contributed by atoms with E-state index in [1.165, 1.54) is 0 Å². The fourth-order valence-electron chi connectivity index (χ4n) is 3.13. The van der Waals surface area contributed by atoms with Gasteiger partial charge in [-0.15, -0.1) is 0 Å². The van der Waals surface area contributed by atoms with Crippen LogP contribution in [-0.4, -0.2) is 41.9 Å². The van der Waals surface area contributed by atoms with E-state index in [1.54, 1.807) is 18.2 Å². The largest absolute Gasteiger partial charge is 0.493 e. The summed E-state index contributed by atoms with van der Waals surface area (Å²) in [5.74, 6) is 0.102. The quantitative estimate of drug-likeness (QED) is 0.807. The smallest absolute Gasteiger partial charge is 0.325 e. The predicted octanol–water partition coefficient (Wildman–Crippen LogP) is 1.38. The van der Waals surface area contributed by atoms with Crippen molar-refractivity contribution in [2.24, 2.45) is 5.92 Å². The lowest BCUT2D eigenvalue weighted by Gasteiger charge is -2.33. The molecule has 4 amide bonds. The van der Waals surface area contributed by atoms with Gasteiger partial charge in [-0.1, -0.05) is 32.0 Å². The Morgan fingerprint density at radius 3 is 2.76 bits per heavy atom. The summed E-state index contributed by atoms with van der Waals surface area (Å²) in [5, 5.41) is 5.60. The van der Waals surface area contributed by atoms with Crippen LogP contribution < -0.4 is 15.4 Å². The van der Waals surface area contributed by atoms with Crippen molar-refractivity contribution < 1.29 is 19.1 Å². The minimum absolute atomic E-state index is 0.0361. The topological polar surface area (TPSA) is 87.7 Å². The highest BCUT2D eigenvalue weighted by Gasteiger charge is 2.55. The molecule has 1 spiro atoms. The number of rotatable bonds is 4. The molecular formula is C18H23N3O4. The van der Waals surface area contributed by atoms with Crippen LogP contribution in [0.25, 0.3) is 0 Å². The zero-order valence-electron chi connectivity index (χ0n) is 14.7. The molecule has 7 heteroatoms. The van der Waals surface area contributed by atoms with Gasteiger partial charge in [0.25, 0.3) is 5.91 Å². The van der Waals surface area contributed by atoms with Gasteiger partial charge in [0.1, 0.15) is 12.3 Å². The first kappa shape index (κ1) is 17.3. The molecule has 0 radical (unpaired) electrons. The molecule has 1 aromatic carbocycles. The number of nitrogens with zero attached hydrogens (tertiary/aromatic N) is 1. The molecule has 1 saturated heterocycles. The molecule has 0 bridgehead atoms. The summed E-state index contributed by atoms with van der Waals surface area (Å²) in [6.45, 7) is 5.92. The fraction of sp³-hybridized carbons (Fsp3) is 0.500. The molecule has 134 valence electrons. The van der Waals surface area contributed by atoms with Crippen molar-refractivity contribution in [2.75, 3.05) is 13.2 Å². The number of hydrogen-bond donors (Lipinski definition) is 2. The molecule has 25 heavy (non-hydrogen) atoms. The summed E-state index contributed by atoms with van der Waals surface area (Å²) >= 11 is 0. The van der Waals surface area contributed by atoms with Crippen LogP contribution in [0.4, 0.5) is 4.79 Å². The van der Waals surface area contributed by atoms with E-state index in [-0.39, 0.29) is 24.4 Å². The molecule has 2 N–H and O–H groups in total. The highest BCUT2D eigenvalue weighted by molar-refractivity contribution is 6.09. The molecule has 3 rings (SSSR count). The van der Waals surface area contributed by atoms with Gasteiger partial charge in [0.05, 0.1) is 6.61 Å². The third-order valence-corrected chi connectivity index (χ3v) is 4.95. The maximum atomic E-state index is 13.0. The number of ether oxygens (including phenoxy) is 1. The summed E-state index contributed by atoms with van der Waals surface area (Å²) < 4.78 is 5.59. The third kappa shape index (κ3) is 2.94. The lowest BCUT2D eigenvalue weighted by Crippen LogP contribution is -2.48. The van der Waals surface area contributed by atoms with E-state index in [9.17, 15) is 14.4 Å². The summed E-state index contributed by atoms with van der Waals surface area (Å²) in [4.78, 5) is 38.6. The Bertz CT molecular complexity index is 718. The Morgan fingerprint density at radius 2 is 2.04 bits per heavy atom. The van der Waals surface area contributed by atoms with Crippen molar-refractivity contribution in [2.45, 2.75) is 38.8 Å². The van der Waals surface area contributed by atoms with Crippen LogP contribution in [0.15, 0.2) is 24.3 Å². The maximum absolute atomic E-state index is 13.0. The van der Waals surface area contributed by atoms with Crippen molar-refractivity contribution in [1.82, 2.24) is 15.5 Å². The zero-order valence-corrected chi connectivity index (χ0v) is 14.7. The lowest BCUT2D eigenvalue weighted by molar-refractivity contribution is -0.136. The highest BCUT2D eigenvalue weighted by atomic mass is 16.5. The van der Waals surface area contributed by atoms with E-state index in [4.69, 9.17) is 4.74 Å². The molecule has 1 fully saturated rings. The van der Waals surface area contributed by atoms with Crippen molar-refractivity contribution in [3.63, 3.8) is 0 Å². The van der Waals surface area contributed by atoms with Crippen LogP contribution in [0.3, 0.4) is 0 Å². The van der Waals surface area contributed by atoms with Gasteiger partial charge in [-0.3, -0.25) is 14.5 Å². The number of amides is 4. The van der Waals surface area contributed by atoms with Gasteiger partial charge in [-0.25, -0.2) is 4.79 Å². The van der Waals surface area contributed by atoms with E-state index in [0.717, 1.165) is 4.90 Å². The minimum Gasteiger partial charge on any atom is -0.493 e. The van der Waals surface area contributed by atoms with E-state index in [1.807, 2.05) is 26.8 Å². The first-order valence-corrected chi connectivity index (χ1v) is 8.51. The molecule has 2 atom stereocenters. The number of carbonyl (C=O) groups excluding carboxylic acids is 3. The molecule has 0 saturated carbocycles. The van der Waals surface area contributed by atoms with Gasteiger partial charge in [0.15, 0.2) is 5.54 Å². The Kier molecular flexibility index (Phi) is 4.41. The molecule has 7 nitrogen and oxygen atoms in total. The fourth-order valence-corrected chi connectivity index (χ4v) is 3.13. The first-order chi connectivity index (χ1) is 11.8. The second-order valence-corrected chi connectivity index (χ2v) is 6.92. The second-order valence-electron chi connectivity index (χ2n) is 6.92.